The number of pyridine rings is 1. The number of thioether (sulfide) groups is 1. The van der Waals surface area contributed by atoms with Gasteiger partial charge in [0.2, 0.25) is 0 Å². The first kappa shape index (κ1) is 30.5. The van der Waals surface area contributed by atoms with Crippen molar-refractivity contribution in [3.63, 3.8) is 0 Å². The Morgan fingerprint density at radius 3 is 2.20 bits per heavy atom. The van der Waals surface area contributed by atoms with Crippen molar-refractivity contribution >= 4 is 29.2 Å². The molecule has 1 aromatic heterocycles. The van der Waals surface area contributed by atoms with E-state index in [-0.39, 0.29) is 5.78 Å². The van der Waals surface area contributed by atoms with Gasteiger partial charge in [0.1, 0.15) is 11.7 Å². The van der Waals surface area contributed by atoms with Crippen LogP contribution in [0, 0.1) is 6.92 Å². The number of nitrogens with zero attached hydrogens (tertiary/aromatic N) is 2. The number of ketones is 1. The van der Waals surface area contributed by atoms with Crippen molar-refractivity contribution in [3.8, 4) is 0 Å². The molecule has 0 bridgehead atoms. The predicted octanol–water partition coefficient (Wildman–Crippen LogP) is 8.10. The maximum atomic E-state index is 11.6. The average molecular weight is 551 g/mol. The van der Waals surface area contributed by atoms with E-state index in [1.165, 1.54) is 11.1 Å². The molecule has 1 heterocycles. The van der Waals surface area contributed by atoms with Gasteiger partial charge in [-0.25, -0.2) is 9.98 Å². The minimum absolute atomic E-state index is 0.0880. The fraction of sp³-hybridized carbons (Fsp3) is 0.206. The fourth-order valence-electron chi connectivity index (χ4n) is 3.80. The van der Waals surface area contributed by atoms with Crippen LogP contribution in [0.3, 0.4) is 0 Å². The lowest BCUT2D eigenvalue weighted by molar-refractivity contribution is 0.101. The molecule has 0 spiro atoms. The van der Waals surface area contributed by atoms with E-state index in [9.17, 15) is 4.79 Å². The molecular weight excluding hydrogens is 512 g/mol. The van der Waals surface area contributed by atoms with Crippen LogP contribution in [0.25, 0.3) is 0 Å². The maximum absolute atomic E-state index is 11.6. The van der Waals surface area contributed by atoms with Crippen LogP contribution in [0.1, 0.15) is 47.8 Å². The van der Waals surface area contributed by atoms with Gasteiger partial charge in [0.25, 0.3) is 0 Å². The van der Waals surface area contributed by atoms with Gasteiger partial charge in [0.05, 0.1) is 0 Å². The summed E-state index contributed by atoms with van der Waals surface area (Å²) in [4.78, 5) is 22.3. The molecule has 0 aliphatic rings. The zero-order chi connectivity index (χ0) is 28.6. The number of carbonyl (C=O) groups is 1. The summed E-state index contributed by atoms with van der Waals surface area (Å²) in [7, 11) is 0. The van der Waals surface area contributed by atoms with Crippen molar-refractivity contribution in [2.45, 2.75) is 45.6 Å². The van der Waals surface area contributed by atoms with Gasteiger partial charge in [-0.05, 0) is 81.6 Å². The third-order valence-corrected chi connectivity index (χ3v) is 6.80. The Morgan fingerprint density at radius 2 is 1.55 bits per heavy atom. The normalized spacial score (nSPS) is 11.4. The number of aliphatic imine (C=N–C) groups is 1. The summed E-state index contributed by atoms with van der Waals surface area (Å²) in [5, 5.41) is 6.58. The number of hydrogen-bond donors (Lipinski definition) is 2. The lowest BCUT2D eigenvalue weighted by Gasteiger charge is -2.06. The fourth-order valence-corrected chi connectivity index (χ4v) is 4.59. The van der Waals surface area contributed by atoms with Crippen LogP contribution in [-0.2, 0) is 13.0 Å². The van der Waals surface area contributed by atoms with E-state index in [0.717, 1.165) is 52.1 Å². The number of rotatable bonds is 10. The highest BCUT2D eigenvalue weighted by atomic mass is 32.2. The van der Waals surface area contributed by atoms with E-state index in [4.69, 9.17) is 0 Å². The third-order valence-electron chi connectivity index (χ3n) is 5.89. The van der Waals surface area contributed by atoms with Crippen molar-refractivity contribution in [1.29, 1.82) is 0 Å². The van der Waals surface area contributed by atoms with Crippen molar-refractivity contribution in [3.05, 3.63) is 137 Å². The number of anilines is 1. The molecule has 0 atom stereocenters. The summed E-state index contributed by atoms with van der Waals surface area (Å²) in [5.41, 5.74) is 4.50. The molecule has 0 saturated carbocycles. The molecular formula is C34H38N4OS. The number of allylic oxidation sites excluding steroid dienone is 1. The van der Waals surface area contributed by atoms with Crippen LogP contribution in [0.4, 0.5) is 5.82 Å². The van der Waals surface area contributed by atoms with E-state index in [0.29, 0.717) is 0 Å². The van der Waals surface area contributed by atoms with E-state index in [1.54, 1.807) is 24.9 Å². The highest BCUT2D eigenvalue weighted by Gasteiger charge is 2.06. The monoisotopic (exact) mass is 550 g/mol. The van der Waals surface area contributed by atoms with Gasteiger partial charge in [0.15, 0.2) is 5.78 Å². The lowest BCUT2D eigenvalue weighted by Crippen LogP contribution is -2.16. The second-order valence-electron chi connectivity index (χ2n) is 9.33. The Balaban J connectivity index is 0.000000238. The van der Waals surface area contributed by atoms with Crippen molar-refractivity contribution in [1.82, 2.24) is 10.3 Å². The zero-order valence-electron chi connectivity index (χ0n) is 23.7. The van der Waals surface area contributed by atoms with Crippen LogP contribution in [0.2, 0.25) is 0 Å². The molecule has 0 aliphatic carbocycles. The van der Waals surface area contributed by atoms with Gasteiger partial charge in [-0.15, -0.1) is 0 Å². The van der Waals surface area contributed by atoms with Gasteiger partial charge in [0, 0.05) is 34.3 Å². The summed E-state index contributed by atoms with van der Waals surface area (Å²) in [6.07, 6.45) is 4.63. The molecule has 0 amide bonds. The Hall–Kier alpha value is -4.00. The van der Waals surface area contributed by atoms with Crippen molar-refractivity contribution in [2.24, 2.45) is 4.99 Å². The summed E-state index contributed by atoms with van der Waals surface area (Å²) >= 11 is 1.59. The highest BCUT2D eigenvalue weighted by molar-refractivity contribution is 8.03. The smallest absolute Gasteiger partial charge is 0.160 e. The molecule has 206 valence electrons. The van der Waals surface area contributed by atoms with Crippen molar-refractivity contribution < 1.29 is 4.79 Å². The number of aryl methyl sites for hydroxylation is 1. The molecule has 0 aliphatic heterocycles. The van der Waals surface area contributed by atoms with Gasteiger partial charge in [-0.3, -0.25) is 4.79 Å². The molecule has 2 N–H and O–H groups in total. The summed E-state index contributed by atoms with van der Waals surface area (Å²) in [6, 6.07) is 32.7. The summed E-state index contributed by atoms with van der Waals surface area (Å²) < 4.78 is 0. The number of hydrogen-bond acceptors (Lipinski definition) is 5. The Morgan fingerprint density at radius 1 is 0.875 bits per heavy atom. The van der Waals surface area contributed by atoms with Gasteiger partial charge in [-0.2, -0.15) is 0 Å². The Kier molecular flexibility index (Phi) is 12.9. The molecule has 3 aromatic carbocycles. The number of nitrogens with one attached hydrogen (secondary N) is 2. The largest absolute Gasteiger partial charge is 0.329 e. The zero-order valence-corrected chi connectivity index (χ0v) is 24.5. The van der Waals surface area contributed by atoms with E-state index in [1.807, 2.05) is 69.4 Å². The number of Topliss-reactive ketones (excluding diaryl/α,β-unsaturated/α-hetero) is 1. The molecule has 5 nitrogen and oxygen atoms in total. The van der Waals surface area contributed by atoms with Gasteiger partial charge < -0.3 is 10.6 Å². The highest BCUT2D eigenvalue weighted by Crippen LogP contribution is 2.28. The standard InChI is InChI=1S/C19H21N3OS.C15H17N/c1-13-8-9-17(11-18(13)15(3)23)24-14(2)12-21-16(4)22-19-7-5-6-10-20-19;1-3-7-14(8-4-1)11-12-16-13-15-9-5-2-6-10-15/h5-12H,1-4H3,(H,20,21,22);1-10,16H,11-13H2/b14-12+;. The van der Waals surface area contributed by atoms with Gasteiger partial charge >= 0.3 is 0 Å². The predicted molar refractivity (Wildman–Crippen MR) is 170 cm³/mol. The molecule has 0 fully saturated rings. The average Bonchev–Trinajstić information content (AvgIpc) is 2.97. The van der Waals surface area contributed by atoms with Crippen molar-refractivity contribution in [2.75, 3.05) is 11.9 Å². The number of carbonyl (C=O) groups excluding carboxylic acids is 1. The first-order valence-corrected chi connectivity index (χ1v) is 14.2. The first-order valence-electron chi connectivity index (χ1n) is 13.4. The molecule has 0 unspecified atom stereocenters. The van der Waals surface area contributed by atoms with Crippen LogP contribution < -0.4 is 10.6 Å². The van der Waals surface area contributed by atoms with Crippen LogP contribution in [0.5, 0.6) is 0 Å². The Labute approximate surface area is 242 Å². The van der Waals surface area contributed by atoms with Crippen LogP contribution in [0.15, 0.2) is 124 Å². The molecule has 0 radical (unpaired) electrons. The minimum Gasteiger partial charge on any atom is -0.329 e. The molecule has 6 heteroatoms. The number of aromatic nitrogens is 1. The molecule has 4 aromatic rings. The topological polar surface area (TPSA) is 66.4 Å². The second-order valence-corrected chi connectivity index (χ2v) is 10.6. The first-order chi connectivity index (χ1) is 19.4. The maximum Gasteiger partial charge on any atom is 0.160 e. The third kappa shape index (κ3) is 11.4. The quantitative estimate of drug-likeness (QED) is 0.0687. The second kappa shape index (κ2) is 16.9. The van der Waals surface area contributed by atoms with E-state index < -0.39 is 0 Å². The Bertz CT molecular complexity index is 1350. The lowest BCUT2D eigenvalue weighted by atomic mass is 10.1. The van der Waals surface area contributed by atoms with E-state index in [2.05, 4.69) is 75.2 Å². The van der Waals surface area contributed by atoms with Crippen LogP contribution >= 0.6 is 11.8 Å². The minimum atomic E-state index is 0.0880. The molecule has 0 saturated heterocycles. The van der Waals surface area contributed by atoms with Gasteiger partial charge in [-0.1, -0.05) is 84.6 Å². The summed E-state index contributed by atoms with van der Waals surface area (Å²) in [5.74, 6) is 1.62. The summed E-state index contributed by atoms with van der Waals surface area (Å²) in [6.45, 7) is 9.41. The number of amidine groups is 1. The van der Waals surface area contributed by atoms with Crippen LogP contribution in [-0.4, -0.2) is 23.1 Å². The molecule has 4 rings (SSSR count). The molecule has 40 heavy (non-hydrogen) atoms. The number of benzene rings is 3. The van der Waals surface area contributed by atoms with E-state index >= 15 is 0 Å². The SMILES string of the molecule is CC(=O)c1cc(S/C(C)=C/N=C(C)Nc2ccccn2)ccc1C.c1ccc(CCNCc2ccccc2)cc1.